The van der Waals surface area contributed by atoms with Gasteiger partial charge in [0.05, 0.1) is 7.11 Å². The largest absolute Gasteiger partial charge is 0.453 e. The molecule has 8 nitrogen and oxygen atoms in total. The summed E-state index contributed by atoms with van der Waals surface area (Å²) in [5.41, 5.74) is 0.331. The first-order valence-electron chi connectivity index (χ1n) is 8.29. The maximum absolute atomic E-state index is 12.4. The van der Waals surface area contributed by atoms with Crippen molar-refractivity contribution in [2.75, 3.05) is 7.11 Å². The molecule has 0 radical (unpaired) electrons. The normalized spacial score (nSPS) is 12.7. The number of carbonyl (C=O) groups excluding carboxylic acids is 4. The molecule has 1 rings (SSSR count). The Morgan fingerprint density at radius 1 is 1.07 bits per heavy atom. The highest BCUT2D eigenvalue weighted by atomic mass is 35.5. The molecule has 0 bridgehead atoms. The summed E-state index contributed by atoms with van der Waals surface area (Å²) in [7, 11) is 1.10. The second-order valence-corrected chi connectivity index (χ2v) is 6.66. The maximum Gasteiger partial charge on any atom is 0.413 e. The zero-order chi connectivity index (χ0) is 20.6. The molecule has 0 aromatic heterocycles. The third-order valence-electron chi connectivity index (χ3n) is 3.48. The lowest BCUT2D eigenvalue weighted by atomic mass is 10.0. The fourth-order valence-corrected chi connectivity index (χ4v) is 2.22. The summed E-state index contributed by atoms with van der Waals surface area (Å²) in [6, 6.07) is 5.22. The van der Waals surface area contributed by atoms with Gasteiger partial charge < -0.3 is 14.8 Å². The lowest BCUT2D eigenvalue weighted by Gasteiger charge is -2.21. The molecule has 2 N–H and O–H groups in total. The van der Waals surface area contributed by atoms with Gasteiger partial charge in [-0.2, -0.15) is 0 Å². The molecule has 0 heterocycles. The summed E-state index contributed by atoms with van der Waals surface area (Å²) in [4.78, 5) is 47.6. The van der Waals surface area contributed by atoms with Crippen LogP contribution in [0.15, 0.2) is 24.3 Å². The van der Waals surface area contributed by atoms with Crippen LogP contribution in [0.2, 0.25) is 5.02 Å². The first kappa shape index (κ1) is 22.4. The van der Waals surface area contributed by atoms with E-state index >= 15 is 0 Å². The van der Waals surface area contributed by atoms with Gasteiger partial charge in [-0.25, -0.2) is 9.59 Å². The molecule has 3 amide bonds. The number of carbonyl (C=O) groups is 4. The van der Waals surface area contributed by atoms with Crippen molar-refractivity contribution in [3.63, 3.8) is 0 Å². The Bertz CT molecular complexity index is 690. The fourth-order valence-electron chi connectivity index (χ4n) is 2.09. The number of rotatable bonds is 7. The number of alkyl carbamates (subject to hydrolysis) is 1. The van der Waals surface area contributed by atoms with E-state index < -0.39 is 36.0 Å². The summed E-state index contributed by atoms with van der Waals surface area (Å²) < 4.78 is 9.39. The van der Waals surface area contributed by atoms with Crippen LogP contribution in [-0.2, 0) is 19.1 Å². The molecule has 0 spiro atoms. The van der Waals surface area contributed by atoms with Crippen LogP contribution in [-0.4, -0.2) is 43.1 Å². The van der Waals surface area contributed by atoms with Crippen molar-refractivity contribution in [3.05, 3.63) is 34.9 Å². The highest BCUT2D eigenvalue weighted by Gasteiger charge is 2.28. The van der Waals surface area contributed by atoms with E-state index in [1.165, 1.54) is 19.1 Å². The number of methoxy groups -OCH3 is 1. The molecule has 27 heavy (non-hydrogen) atoms. The predicted molar refractivity (Wildman–Crippen MR) is 98.3 cm³/mol. The SMILES string of the molecule is COC(=O)NC(=O)[C@@H](C)OC(=O)[C@@H](CC(C)C)NC(=O)c1ccc(Cl)cc1. The number of halogens is 1. The number of nitrogens with one attached hydrogen (secondary N) is 2. The van der Waals surface area contributed by atoms with E-state index in [-0.39, 0.29) is 5.92 Å². The Labute approximate surface area is 162 Å². The van der Waals surface area contributed by atoms with Gasteiger partial charge in [-0.1, -0.05) is 25.4 Å². The molecule has 0 aliphatic heterocycles. The first-order chi connectivity index (χ1) is 12.6. The third-order valence-corrected chi connectivity index (χ3v) is 3.73. The Kier molecular flexibility index (Phi) is 8.74. The minimum absolute atomic E-state index is 0.0762. The summed E-state index contributed by atoms with van der Waals surface area (Å²) in [5, 5.41) is 4.99. The van der Waals surface area contributed by atoms with Gasteiger partial charge >= 0.3 is 12.1 Å². The molecule has 1 aromatic rings. The quantitative estimate of drug-likeness (QED) is 0.682. The minimum Gasteiger partial charge on any atom is -0.453 e. The lowest BCUT2D eigenvalue weighted by Crippen LogP contribution is -2.46. The first-order valence-corrected chi connectivity index (χ1v) is 8.67. The molecule has 9 heteroatoms. The van der Waals surface area contributed by atoms with Gasteiger partial charge in [-0.3, -0.25) is 14.9 Å². The minimum atomic E-state index is -1.24. The molecular weight excluding hydrogens is 376 g/mol. The highest BCUT2D eigenvalue weighted by Crippen LogP contribution is 2.12. The van der Waals surface area contributed by atoms with Gasteiger partial charge in [-0.05, 0) is 43.5 Å². The van der Waals surface area contributed by atoms with E-state index in [0.29, 0.717) is 17.0 Å². The van der Waals surface area contributed by atoms with Crippen LogP contribution in [0.5, 0.6) is 0 Å². The molecule has 2 atom stereocenters. The van der Waals surface area contributed by atoms with Crippen LogP contribution >= 0.6 is 11.6 Å². The standard InChI is InChI=1S/C18H23ClN2O6/c1-10(2)9-14(20-16(23)12-5-7-13(19)8-6-12)17(24)27-11(3)15(22)21-18(25)26-4/h5-8,10-11,14H,9H2,1-4H3,(H,20,23)(H,21,22,25)/t11-,14-/m1/s1. The summed E-state index contributed by atoms with van der Waals surface area (Å²) in [6.07, 6.45) is -1.89. The Balaban J connectivity index is 2.78. The molecule has 0 fully saturated rings. The number of imide groups is 1. The van der Waals surface area contributed by atoms with Crippen LogP contribution in [0.1, 0.15) is 37.6 Å². The van der Waals surface area contributed by atoms with Gasteiger partial charge in [0.2, 0.25) is 0 Å². The number of esters is 1. The number of hydrogen-bond donors (Lipinski definition) is 2. The molecule has 0 unspecified atom stereocenters. The summed E-state index contributed by atoms with van der Waals surface area (Å²) in [6.45, 7) is 5.06. The van der Waals surface area contributed by atoms with Crippen molar-refractivity contribution >= 4 is 35.5 Å². The molecule has 148 valence electrons. The van der Waals surface area contributed by atoms with Crippen molar-refractivity contribution in [3.8, 4) is 0 Å². The zero-order valence-corrected chi connectivity index (χ0v) is 16.3. The lowest BCUT2D eigenvalue weighted by molar-refractivity contribution is -0.156. The van der Waals surface area contributed by atoms with Gasteiger partial charge in [0.25, 0.3) is 11.8 Å². The third kappa shape index (κ3) is 7.65. The van der Waals surface area contributed by atoms with Crippen molar-refractivity contribution in [2.24, 2.45) is 5.92 Å². The van der Waals surface area contributed by atoms with E-state index in [2.05, 4.69) is 10.1 Å². The maximum atomic E-state index is 12.4. The molecule has 0 aliphatic rings. The number of ether oxygens (including phenoxy) is 2. The number of benzene rings is 1. The number of hydrogen-bond acceptors (Lipinski definition) is 6. The van der Waals surface area contributed by atoms with Crippen LogP contribution in [0.4, 0.5) is 4.79 Å². The van der Waals surface area contributed by atoms with Crippen LogP contribution in [0.3, 0.4) is 0 Å². The molecular formula is C18H23ClN2O6. The van der Waals surface area contributed by atoms with Gasteiger partial charge in [-0.15, -0.1) is 0 Å². The van der Waals surface area contributed by atoms with Crippen molar-refractivity contribution in [1.82, 2.24) is 10.6 Å². The Morgan fingerprint density at radius 2 is 1.67 bits per heavy atom. The van der Waals surface area contributed by atoms with E-state index in [9.17, 15) is 19.2 Å². The monoisotopic (exact) mass is 398 g/mol. The van der Waals surface area contributed by atoms with Gasteiger partial charge in [0.1, 0.15) is 6.04 Å². The Hall–Kier alpha value is -2.61. The van der Waals surface area contributed by atoms with Crippen LogP contribution in [0, 0.1) is 5.92 Å². The molecule has 0 aliphatic carbocycles. The predicted octanol–water partition coefficient (Wildman–Crippen LogP) is 2.30. The van der Waals surface area contributed by atoms with Crippen molar-refractivity contribution in [1.29, 1.82) is 0 Å². The van der Waals surface area contributed by atoms with Gasteiger partial charge in [0, 0.05) is 10.6 Å². The van der Waals surface area contributed by atoms with Crippen molar-refractivity contribution in [2.45, 2.75) is 39.3 Å². The van der Waals surface area contributed by atoms with Crippen LogP contribution < -0.4 is 10.6 Å². The molecule has 1 aromatic carbocycles. The average molecular weight is 399 g/mol. The van der Waals surface area contributed by atoms with E-state index in [0.717, 1.165) is 7.11 Å². The van der Waals surface area contributed by atoms with Crippen molar-refractivity contribution < 1.29 is 28.7 Å². The summed E-state index contributed by atoms with van der Waals surface area (Å²) >= 11 is 5.80. The zero-order valence-electron chi connectivity index (χ0n) is 15.6. The van der Waals surface area contributed by atoms with Crippen LogP contribution in [0.25, 0.3) is 0 Å². The molecule has 0 saturated heterocycles. The van der Waals surface area contributed by atoms with Gasteiger partial charge in [0.15, 0.2) is 6.10 Å². The fraction of sp³-hybridized carbons (Fsp3) is 0.444. The second kappa shape index (κ2) is 10.5. The second-order valence-electron chi connectivity index (χ2n) is 6.22. The molecule has 0 saturated carbocycles. The Morgan fingerprint density at radius 3 is 2.19 bits per heavy atom. The van der Waals surface area contributed by atoms with E-state index in [4.69, 9.17) is 16.3 Å². The topological polar surface area (TPSA) is 111 Å². The smallest absolute Gasteiger partial charge is 0.413 e. The van der Waals surface area contributed by atoms with E-state index in [1.54, 1.807) is 12.1 Å². The highest BCUT2D eigenvalue weighted by molar-refractivity contribution is 6.30. The average Bonchev–Trinajstić information content (AvgIpc) is 2.60. The van der Waals surface area contributed by atoms with E-state index in [1.807, 2.05) is 19.2 Å². The summed E-state index contributed by atoms with van der Waals surface area (Å²) in [5.74, 6) is -2.01. The number of amides is 3.